The van der Waals surface area contributed by atoms with Crippen LogP contribution in [0, 0.1) is 52.3 Å². The minimum atomic E-state index is -1.92. The third-order valence-corrected chi connectivity index (χ3v) is 18.4. The predicted molar refractivity (Wildman–Crippen MR) is 217 cm³/mol. The summed E-state index contributed by atoms with van der Waals surface area (Å²) in [5, 5.41) is 118. The molecule has 19 nitrogen and oxygen atoms in total. The van der Waals surface area contributed by atoms with Gasteiger partial charge in [-0.05, 0) is 86.4 Å². The fourth-order valence-electron chi connectivity index (χ4n) is 14.7. The van der Waals surface area contributed by atoms with Gasteiger partial charge in [-0.15, -0.1) is 0 Å². The van der Waals surface area contributed by atoms with Gasteiger partial charge in [-0.25, -0.2) is 0 Å². The van der Waals surface area contributed by atoms with E-state index in [1.807, 2.05) is 0 Å². The molecule has 0 aromatic heterocycles. The van der Waals surface area contributed by atoms with E-state index >= 15 is 0 Å². The molecule has 5 aliphatic heterocycles. The number of hydrogen-bond donors (Lipinski definition) is 11. The van der Waals surface area contributed by atoms with Crippen LogP contribution >= 0.6 is 0 Å². The molecule has 28 atom stereocenters. The summed E-state index contributed by atoms with van der Waals surface area (Å²) >= 11 is 0. The molecule has 0 amide bonds. The van der Waals surface area contributed by atoms with Crippen molar-refractivity contribution in [3.8, 4) is 0 Å². The Morgan fingerprint density at radius 3 is 1.73 bits per heavy atom. The largest absolute Gasteiger partial charge is 0.394 e. The first-order valence-electron chi connectivity index (χ1n) is 23.9. The van der Waals surface area contributed by atoms with Crippen molar-refractivity contribution in [1.29, 1.82) is 0 Å². The standard InChI is InChI=1S/C45H74O19/c1-18-7-10-45(57-17-18)19(2)30-25(64-45)12-24-22-6-5-20-11-21(8-9-43(20,3)23(22)13-29(49)44(24,30)4)58-40-36(55)33(52)38(27(15-47)60-40)63-42-37(56)34(53)39(28(16-48)61-42)62-41-35(54)32(51)31(50)26(14-46)59-41/h18-42,46-56H,5-17H2,1-4H3/t18-,19+,20+,21+,22?,23?,24?,25?,26-,27-,28-,29-,30?,31-,32+,33-,34-,35-,36-,37-,38+,39-,40-,41+,42+,43+,44-,45-/m1/s1. The SMILES string of the molecule is C[C@@H]1CC[C@@]2(OC1)OC1CC3C4CC[C@H]5C[C@@H](O[C@@H]6O[C@H](CO)[C@H](O[C@@H]7O[C@H](CO)[C@@H](O[C@@H]8O[C@H](CO)[C@@H](O)[C@H](O)[C@H]8O)[C@H](O)[C@H]7O)[C@H](O)[C@H]6O)CC[C@]5(C)C4C[C@@H](O)[C@]3(C)C1[C@@H]2C. The third kappa shape index (κ3) is 7.76. The lowest BCUT2D eigenvalue weighted by Crippen LogP contribution is -2.66. The van der Waals surface area contributed by atoms with Gasteiger partial charge in [0.15, 0.2) is 24.7 Å². The van der Waals surface area contributed by atoms with Crippen molar-refractivity contribution in [1.82, 2.24) is 0 Å². The van der Waals surface area contributed by atoms with Gasteiger partial charge in [0.2, 0.25) is 0 Å². The molecule has 4 aliphatic carbocycles. The third-order valence-electron chi connectivity index (χ3n) is 18.4. The van der Waals surface area contributed by atoms with E-state index in [1.54, 1.807) is 0 Å². The van der Waals surface area contributed by atoms with Crippen LogP contribution in [0.2, 0.25) is 0 Å². The van der Waals surface area contributed by atoms with Crippen molar-refractivity contribution in [3.63, 3.8) is 0 Å². The maximum Gasteiger partial charge on any atom is 0.187 e. The molecule has 5 unspecified atom stereocenters. The zero-order chi connectivity index (χ0) is 45.8. The minimum Gasteiger partial charge on any atom is -0.394 e. The normalized spacial score (nSPS) is 58.6. The van der Waals surface area contributed by atoms with Gasteiger partial charge in [-0.1, -0.05) is 27.7 Å². The van der Waals surface area contributed by atoms with Gasteiger partial charge in [0.05, 0.1) is 44.7 Å². The summed E-state index contributed by atoms with van der Waals surface area (Å²) in [7, 11) is 0. The Morgan fingerprint density at radius 2 is 1.16 bits per heavy atom. The van der Waals surface area contributed by atoms with Gasteiger partial charge >= 0.3 is 0 Å². The van der Waals surface area contributed by atoms with E-state index < -0.39 is 124 Å². The van der Waals surface area contributed by atoms with E-state index in [0.29, 0.717) is 49.0 Å². The van der Waals surface area contributed by atoms with Crippen LogP contribution in [0.15, 0.2) is 0 Å². The second-order valence-corrected chi connectivity index (χ2v) is 21.6. The van der Waals surface area contributed by atoms with Crippen LogP contribution in [0.5, 0.6) is 0 Å². The predicted octanol–water partition coefficient (Wildman–Crippen LogP) is -1.76. The average molecular weight is 919 g/mol. The summed E-state index contributed by atoms with van der Waals surface area (Å²) in [6.45, 7) is 7.68. The van der Waals surface area contributed by atoms with Crippen molar-refractivity contribution in [2.75, 3.05) is 26.4 Å². The lowest BCUT2D eigenvalue weighted by atomic mass is 9.43. The van der Waals surface area contributed by atoms with Crippen LogP contribution in [0.1, 0.15) is 85.5 Å². The number of hydrogen-bond acceptors (Lipinski definition) is 19. The first kappa shape index (κ1) is 48.3. The van der Waals surface area contributed by atoms with Crippen LogP contribution in [0.4, 0.5) is 0 Å². The maximum absolute atomic E-state index is 12.2. The second-order valence-electron chi connectivity index (χ2n) is 21.6. The number of aliphatic hydroxyl groups is 11. The zero-order valence-corrected chi connectivity index (χ0v) is 37.3. The highest BCUT2D eigenvalue weighted by molar-refractivity contribution is 5.18. The minimum absolute atomic E-state index is 0.0338. The average Bonchev–Trinajstić information content (AvgIpc) is 3.73. The summed E-state index contributed by atoms with van der Waals surface area (Å²) in [5.41, 5.74) is -0.283. The molecule has 368 valence electrons. The second kappa shape index (κ2) is 18.2. The van der Waals surface area contributed by atoms with Gasteiger partial charge in [-0.2, -0.15) is 0 Å². The molecule has 0 radical (unpaired) electrons. The van der Waals surface area contributed by atoms with Crippen LogP contribution < -0.4 is 0 Å². The monoisotopic (exact) mass is 918 g/mol. The molecule has 11 N–H and O–H groups in total. The van der Waals surface area contributed by atoms with Crippen molar-refractivity contribution in [2.45, 2.75) is 202 Å². The lowest BCUT2D eigenvalue weighted by molar-refractivity contribution is -0.381. The van der Waals surface area contributed by atoms with Crippen LogP contribution in [-0.2, 0) is 37.9 Å². The molecule has 9 aliphatic rings. The zero-order valence-electron chi connectivity index (χ0n) is 37.3. The van der Waals surface area contributed by atoms with Crippen LogP contribution in [-0.4, -0.2) is 199 Å². The van der Waals surface area contributed by atoms with E-state index in [1.165, 1.54) is 0 Å². The Morgan fingerprint density at radius 1 is 0.578 bits per heavy atom. The first-order valence-corrected chi connectivity index (χ1v) is 23.9. The summed E-state index contributed by atoms with van der Waals surface area (Å²) in [6.07, 6.45) is -17.2. The fraction of sp³-hybridized carbons (Fsp3) is 1.00. The molecule has 64 heavy (non-hydrogen) atoms. The number of rotatable bonds is 9. The van der Waals surface area contributed by atoms with E-state index in [2.05, 4.69) is 27.7 Å². The molecule has 5 heterocycles. The molecule has 5 saturated heterocycles. The lowest BCUT2D eigenvalue weighted by Gasteiger charge is -2.62. The molecule has 4 saturated carbocycles. The van der Waals surface area contributed by atoms with E-state index in [0.717, 1.165) is 44.9 Å². The highest BCUT2D eigenvalue weighted by atomic mass is 16.8. The molecule has 9 rings (SSSR count). The Bertz CT molecular complexity index is 1600. The number of aliphatic hydroxyl groups excluding tert-OH is 11. The summed E-state index contributed by atoms with van der Waals surface area (Å²) in [4.78, 5) is 0. The summed E-state index contributed by atoms with van der Waals surface area (Å²) in [6, 6.07) is 0. The number of fused-ring (bicyclic) bond motifs is 7. The Balaban J connectivity index is 0.810. The summed E-state index contributed by atoms with van der Waals surface area (Å²) in [5.74, 6) is 1.88. The molecule has 1 spiro atoms. The molecule has 0 bridgehead atoms. The maximum atomic E-state index is 12.2. The van der Waals surface area contributed by atoms with E-state index in [4.69, 9.17) is 37.9 Å². The quantitative estimate of drug-likeness (QED) is 0.114. The summed E-state index contributed by atoms with van der Waals surface area (Å²) < 4.78 is 48.4. The Hall–Kier alpha value is -0.760. The molecule has 0 aromatic carbocycles. The van der Waals surface area contributed by atoms with Crippen molar-refractivity contribution >= 4 is 0 Å². The molecular weight excluding hydrogens is 844 g/mol. The number of ether oxygens (including phenoxy) is 8. The van der Waals surface area contributed by atoms with Crippen molar-refractivity contribution < 1.29 is 94.1 Å². The topological polar surface area (TPSA) is 296 Å². The molecule has 19 heteroatoms. The van der Waals surface area contributed by atoms with Crippen LogP contribution in [0.25, 0.3) is 0 Å². The van der Waals surface area contributed by atoms with Gasteiger partial charge < -0.3 is 94.1 Å². The van der Waals surface area contributed by atoms with Crippen molar-refractivity contribution in [2.24, 2.45) is 52.3 Å². The van der Waals surface area contributed by atoms with Crippen molar-refractivity contribution in [3.05, 3.63) is 0 Å². The molecule has 9 fully saturated rings. The van der Waals surface area contributed by atoms with E-state index in [9.17, 15) is 56.2 Å². The first-order chi connectivity index (χ1) is 30.4. The van der Waals surface area contributed by atoms with Gasteiger partial charge in [0.1, 0.15) is 73.2 Å². The molecular formula is C45H74O19. The van der Waals surface area contributed by atoms with Gasteiger partial charge in [0.25, 0.3) is 0 Å². The molecule has 0 aromatic rings. The Kier molecular flexibility index (Phi) is 13.7. The van der Waals surface area contributed by atoms with Crippen LogP contribution in [0.3, 0.4) is 0 Å². The highest BCUT2D eigenvalue weighted by Gasteiger charge is 2.71. The highest BCUT2D eigenvalue weighted by Crippen LogP contribution is 2.71. The van der Waals surface area contributed by atoms with Gasteiger partial charge in [0, 0.05) is 23.7 Å². The fourth-order valence-corrected chi connectivity index (χ4v) is 14.7. The van der Waals surface area contributed by atoms with E-state index in [-0.39, 0.29) is 34.9 Å². The smallest absolute Gasteiger partial charge is 0.187 e. The van der Waals surface area contributed by atoms with Gasteiger partial charge in [-0.3, -0.25) is 0 Å². The Labute approximate surface area is 373 Å².